The third kappa shape index (κ3) is 2.04. The Labute approximate surface area is 107 Å². The number of aromatic nitrogens is 1. The van der Waals surface area contributed by atoms with E-state index < -0.39 is 0 Å². The van der Waals surface area contributed by atoms with Crippen LogP contribution < -0.4 is 5.32 Å². The van der Waals surface area contributed by atoms with E-state index in [2.05, 4.69) is 34.6 Å². The number of hydrogen-bond acceptors (Lipinski definition) is 2. The van der Waals surface area contributed by atoms with Gasteiger partial charge in [-0.15, -0.1) is 0 Å². The Morgan fingerprint density at radius 3 is 3.11 bits per heavy atom. The maximum absolute atomic E-state index is 9.40. The van der Waals surface area contributed by atoms with E-state index in [-0.39, 0.29) is 6.10 Å². The van der Waals surface area contributed by atoms with Gasteiger partial charge in [0.05, 0.1) is 6.10 Å². The Balaban J connectivity index is 1.95. The first kappa shape index (κ1) is 11.8. The molecule has 3 nitrogen and oxygen atoms in total. The molecule has 96 valence electrons. The highest BCUT2D eigenvalue weighted by atomic mass is 16.3. The van der Waals surface area contributed by atoms with Crippen molar-refractivity contribution in [3.05, 3.63) is 35.5 Å². The van der Waals surface area contributed by atoms with Crippen LogP contribution in [-0.4, -0.2) is 22.7 Å². The molecule has 0 saturated carbocycles. The van der Waals surface area contributed by atoms with E-state index in [4.69, 9.17) is 0 Å². The molecule has 1 aliphatic rings. The van der Waals surface area contributed by atoms with E-state index >= 15 is 0 Å². The van der Waals surface area contributed by atoms with Crippen LogP contribution in [0.4, 0.5) is 0 Å². The predicted molar refractivity (Wildman–Crippen MR) is 73.7 cm³/mol. The van der Waals surface area contributed by atoms with Gasteiger partial charge in [0.2, 0.25) is 0 Å². The Morgan fingerprint density at radius 2 is 2.28 bits per heavy atom. The van der Waals surface area contributed by atoms with Gasteiger partial charge >= 0.3 is 0 Å². The van der Waals surface area contributed by atoms with E-state index in [1.165, 1.54) is 28.6 Å². The minimum atomic E-state index is -0.292. The van der Waals surface area contributed by atoms with Gasteiger partial charge in [0, 0.05) is 29.2 Å². The molecular weight excluding hydrogens is 224 g/mol. The minimum Gasteiger partial charge on any atom is -0.392 e. The third-order valence-electron chi connectivity index (χ3n) is 3.77. The quantitative estimate of drug-likeness (QED) is 0.777. The van der Waals surface area contributed by atoms with Crippen LogP contribution in [0.25, 0.3) is 10.9 Å². The van der Waals surface area contributed by atoms with E-state index in [0.29, 0.717) is 12.6 Å². The SMILES string of the molecule is CC(O)CNC1CCCc2c1[nH]c1ccccc21. The van der Waals surface area contributed by atoms with E-state index in [9.17, 15) is 5.11 Å². The second kappa shape index (κ2) is 4.75. The number of fused-ring (bicyclic) bond motifs is 3. The molecule has 1 aromatic carbocycles. The van der Waals surface area contributed by atoms with Crippen LogP contribution in [0.5, 0.6) is 0 Å². The number of aliphatic hydroxyl groups excluding tert-OH is 1. The van der Waals surface area contributed by atoms with E-state index in [0.717, 1.165) is 12.8 Å². The summed E-state index contributed by atoms with van der Waals surface area (Å²) in [6, 6.07) is 8.86. The van der Waals surface area contributed by atoms with Crippen LogP contribution in [-0.2, 0) is 6.42 Å². The molecule has 2 aromatic rings. The van der Waals surface area contributed by atoms with Crippen molar-refractivity contribution in [3.8, 4) is 0 Å². The topological polar surface area (TPSA) is 48.0 Å². The zero-order valence-electron chi connectivity index (χ0n) is 10.7. The van der Waals surface area contributed by atoms with Crippen molar-refractivity contribution in [2.24, 2.45) is 0 Å². The number of aryl methyl sites for hydroxylation is 1. The van der Waals surface area contributed by atoms with E-state index in [1.54, 1.807) is 0 Å². The fourth-order valence-electron chi connectivity index (χ4n) is 2.93. The normalized spacial score (nSPS) is 20.9. The second-order valence-electron chi connectivity index (χ2n) is 5.26. The molecule has 1 heterocycles. The first-order chi connectivity index (χ1) is 8.75. The largest absolute Gasteiger partial charge is 0.392 e. The van der Waals surface area contributed by atoms with Gasteiger partial charge in [-0.2, -0.15) is 0 Å². The number of hydrogen-bond donors (Lipinski definition) is 3. The first-order valence-electron chi connectivity index (χ1n) is 6.76. The van der Waals surface area contributed by atoms with Gasteiger partial charge in [-0.25, -0.2) is 0 Å². The molecule has 3 heteroatoms. The lowest BCUT2D eigenvalue weighted by atomic mass is 9.91. The molecule has 0 aliphatic heterocycles. The fraction of sp³-hybridized carbons (Fsp3) is 0.467. The minimum absolute atomic E-state index is 0.292. The average molecular weight is 244 g/mol. The van der Waals surface area contributed by atoms with Crippen LogP contribution >= 0.6 is 0 Å². The summed E-state index contributed by atoms with van der Waals surface area (Å²) < 4.78 is 0. The molecule has 0 fully saturated rings. The summed E-state index contributed by atoms with van der Waals surface area (Å²) in [6.07, 6.45) is 3.23. The van der Waals surface area contributed by atoms with Crippen molar-refractivity contribution < 1.29 is 5.11 Å². The molecule has 18 heavy (non-hydrogen) atoms. The number of aliphatic hydroxyl groups is 1. The zero-order valence-corrected chi connectivity index (χ0v) is 10.7. The van der Waals surface area contributed by atoms with Crippen LogP contribution in [0, 0.1) is 0 Å². The number of benzene rings is 1. The van der Waals surface area contributed by atoms with Crippen molar-refractivity contribution in [2.45, 2.75) is 38.3 Å². The Bertz CT molecular complexity index is 544. The molecule has 1 aliphatic carbocycles. The van der Waals surface area contributed by atoms with Gasteiger partial charge in [-0.1, -0.05) is 18.2 Å². The van der Waals surface area contributed by atoms with Crippen LogP contribution in [0.1, 0.15) is 37.1 Å². The molecule has 0 radical (unpaired) electrons. The summed E-state index contributed by atoms with van der Waals surface area (Å²) in [5.41, 5.74) is 4.01. The average Bonchev–Trinajstić information content (AvgIpc) is 2.75. The Morgan fingerprint density at radius 1 is 1.44 bits per heavy atom. The molecule has 3 rings (SSSR count). The first-order valence-corrected chi connectivity index (χ1v) is 6.76. The number of aromatic amines is 1. The van der Waals surface area contributed by atoms with Crippen molar-refractivity contribution in [2.75, 3.05) is 6.54 Å². The lowest BCUT2D eigenvalue weighted by Crippen LogP contribution is -2.31. The predicted octanol–water partition coefficient (Wildman–Crippen LogP) is 2.52. The molecule has 2 unspecified atom stereocenters. The zero-order chi connectivity index (χ0) is 12.5. The third-order valence-corrected chi connectivity index (χ3v) is 3.77. The molecule has 2 atom stereocenters. The lowest BCUT2D eigenvalue weighted by Gasteiger charge is -2.24. The summed E-state index contributed by atoms with van der Waals surface area (Å²) in [6.45, 7) is 2.47. The van der Waals surface area contributed by atoms with Gasteiger partial charge < -0.3 is 15.4 Å². The molecular formula is C15H20N2O. The highest BCUT2D eigenvalue weighted by molar-refractivity contribution is 5.85. The number of para-hydroxylation sites is 1. The van der Waals surface area contributed by atoms with Crippen molar-refractivity contribution in [1.82, 2.24) is 10.3 Å². The summed E-state index contributed by atoms with van der Waals surface area (Å²) in [5.74, 6) is 0. The molecule has 0 amide bonds. The molecule has 1 aromatic heterocycles. The van der Waals surface area contributed by atoms with Crippen LogP contribution in [0.3, 0.4) is 0 Å². The van der Waals surface area contributed by atoms with Gasteiger partial charge in [0.25, 0.3) is 0 Å². The van der Waals surface area contributed by atoms with Gasteiger partial charge in [-0.05, 0) is 37.8 Å². The number of H-pyrrole nitrogens is 1. The van der Waals surface area contributed by atoms with Gasteiger partial charge in [0.15, 0.2) is 0 Å². The molecule has 3 N–H and O–H groups in total. The van der Waals surface area contributed by atoms with Crippen molar-refractivity contribution in [1.29, 1.82) is 0 Å². The smallest absolute Gasteiger partial charge is 0.0636 e. The fourth-order valence-corrected chi connectivity index (χ4v) is 2.93. The number of nitrogens with one attached hydrogen (secondary N) is 2. The second-order valence-corrected chi connectivity index (χ2v) is 5.26. The highest BCUT2D eigenvalue weighted by Crippen LogP contribution is 2.34. The monoisotopic (exact) mass is 244 g/mol. The van der Waals surface area contributed by atoms with E-state index in [1.807, 2.05) is 6.92 Å². The molecule has 0 saturated heterocycles. The lowest BCUT2D eigenvalue weighted by molar-refractivity contribution is 0.184. The summed E-state index contributed by atoms with van der Waals surface area (Å²) in [5, 5.41) is 14.2. The van der Waals surface area contributed by atoms with Crippen LogP contribution in [0.15, 0.2) is 24.3 Å². The van der Waals surface area contributed by atoms with Crippen molar-refractivity contribution in [3.63, 3.8) is 0 Å². The van der Waals surface area contributed by atoms with Gasteiger partial charge in [-0.3, -0.25) is 0 Å². The Hall–Kier alpha value is -1.32. The standard InChI is InChI=1S/C15H20N2O/c1-10(18)9-16-14-8-4-6-12-11-5-2-3-7-13(11)17-15(12)14/h2-3,5,7,10,14,16-18H,4,6,8-9H2,1H3. The number of rotatable bonds is 3. The van der Waals surface area contributed by atoms with Crippen molar-refractivity contribution >= 4 is 10.9 Å². The summed E-state index contributed by atoms with van der Waals surface area (Å²) >= 11 is 0. The van der Waals surface area contributed by atoms with Crippen LogP contribution in [0.2, 0.25) is 0 Å². The highest BCUT2D eigenvalue weighted by Gasteiger charge is 2.23. The summed E-state index contributed by atoms with van der Waals surface area (Å²) in [7, 11) is 0. The maximum Gasteiger partial charge on any atom is 0.0636 e. The summed E-state index contributed by atoms with van der Waals surface area (Å²) in [4.78, 5) is 3.55. The van der Waals surface area contributed by atoms with Gasteiger partial charge in [0.1, 0.15) is 0 Å². The molecule has 0 bridgehead atoms. The molecule has 0 spiro atoms. The Kier molecular flexibility index (Phi) is 3.10. The maximum atomic E-state index is 9.40.